The number of piperazine rings is 1. The molecule has 1 atom stereocenters. The van der Waals surface area contributed by atoms with Crippen molar-refractivity contribution in [1.29, 1.82) is 0 Å². The summed E-state index contributed by atoms with van der Waals surface area (Å²) in [6.07, 6.45) is 2.70. The predicted molar refractivity (Wildman–Crippen MR) is 91.4 cm³/mol. The van der Waals surface area contributed by atoms with Gasteiger partial charge in [0.1, 0.15) is 0 Å². The Labute approximate surface area is 135 Å². The van der Waals surface area contributed by atoms with Gasteiger partial charge < -0.3 is 0 Å². The van der Waals surface area contributed by atoms with Crippen LogP contribution in [-0.4, -0.2) is 55.6 Å². The van der Waals surface area contributed by atoms with Gasteiger partial charge in [0.05, 0.1) is 5.75 Å². The Morgan fingerprint density at radius 2 is 1.91 bits per heavy atom. The highest BCUT2D eigenvalue weighted by Gasteiger charge is 2.30. The second-order valence-electron chi connectivity index (χ2n) is 6.15. The van der Waals surface area contributed by atoms with Gasteiger partial charge in [0.25, 0.3) is 0 Å². The number of hydrogen-bond donors (Lipinski definition) is 0. The normalized spacial score (nSPS) is 21.1. The smallest absolute Gasteiger partial charge is 0.214 e. The van der Waals surface area contributed by atoms with Crippen LogP contribution >= 0.6 is 0 Å². The minimum absolute atomic E-state index is 0.286. The van der Waals surface area contributed by atoms with Crippen molar-refractivity contribution in [2.75, 3.05) is 31.9 Å². The van der Waals surface area contributed by atoms with Crippen molar-refractivity contribution < 1.29 is 8.42 Å². The van der Waals surface area contributed by atoms with E-state index in [-0.39, 0.29) is 6.04 Å². The lowest BCUT2D eigenvalue weighted by atomic mass is 10.1. The van der Waals surface area contributed by atoms with Gasteiger partial charge in [0.15, 0.2) is 0 Å². The first kappa shape index (κ1) is 17.4. The van der Waals surface area contributed by atoms with E-state index in [1.807, 2.05) is 13.0 Å². The highest BCUT2D eigenvalue weighted by atomic mass is 32.2. The summed E-state index contributed by atoms with van der Waals surface area (Å²) in [7, 11) is -3.06. The Kier molecular flexibility index (Phi) is 6.41. The first-order valence-electron chi connectivity index (χ1n) is 8.28. The fourth-order valence-corrected chi connectivity index (χ4v) is 4.63. The zero-order valence-corrected chi connectivity index (χ0v) is 14.6. The van der Waals surface area contributed by atoms with Crippen molar-refractivity contribution >= 4 is 10.0 Å². The average molecular weight is 324 g/mol. The van der Waals surface area contributed by atoms with E-state index in [0.717, 1.165) is 32.4 Å². The van der Waals surface area contributed by atoms with E-state index in [4.69, 9.17) is 0 Å². The van der Waals surface area contributed by atoms with E-state index in [9.17, 15) is 8.42 Å². The highest BCUT2D eigenvalue weighted by Crippen LogP contribution is 2.15. The molecule has 1 saturated heterocycles. The maximum atomic E-state index is 12.3. The Bertz CT molecular complexity index is 545. The lowest BCUT2D eigenvalue weighted by Gasteiger charge is -2.39. The van der Waals surface area contributed by atoms with Crippen molar-refractivity contribution in [2.24, 2.45) is 0 Å². The molecule has 4 nitrogen and oxygen atoms in total. The molecular formula is C17H28N2O2S. The van der Waals surface area contributed by atoms with Crippen LogP contribution in [0, 0.1) is 0 Å². The van der Waals surface area contributed by atoms with Crippen molar-refractivity contribution in [1.82, 2.24) is 9.21 Å². The monoisotopic (exact) mass is 324 g/mol. The molecule has 1 aliphatic heterocycles. The molecule has 0 radical (unpaired) electrons. The zero-order chi connectivity index (χ0) is 16.0. The lowest BCUT2D eigenvalue weighted by Crippen LogP contribution is -2.54. The summed E-state index contributed by atoms with van der Waals surface area (Å²) in [4.78, 5) is 2.40. The van der Waals surface area contributed by atoms with Crippen LogP contribution in [0.25, 0.3) is 0 Å². The summed E-state index contributed by atoms with van der Waals surface area (Å²) >= 11 is 0. The van der Waals surface area contributed by atoms with Gasteiger partial charge in [-0.3, -0.25) is 4.90 Å². The second kappa shape index (κ2) is 8.09. The summed E-state index contributed by atoms with van der Waals surface area (Å²) in [5.41, 5.74) is 1.34. The van der Waals surface area contributed by atoms with Gasteiger partial charge in [-0.15, -0.1) is 0 Å². The Hall–Kier alpha value is -0.910. The molecule has 1 fully saturated rings. The van der Waals surface area contributed by atoms with Crippen LogP contribution in [0.1, 0.15) is 32.3 Å². The van der Waals surface area contributed by atoms with Gasteiger partial charge in [-0.05, 0) is 25.3 Å². The molecule has 1 unspecified atom stereocenters. The number of benzene rings is 1. The quantitative estimate of drug-likeness (QED) is 0.773. The summed E-state index contributed by atoms with van der Waals surface area (Å²) in [6, 6.07) is 10.8. The molecule has 124 valence electrons. The molecule has 1 heterocycles. The molecule has 5 heteroatoms. The van der Waals surface area contributed by atoms with Crippen LogP contribution in [0.3, 0.4) is 0 Å². The maximum Gasteiger partial charge on any atom is 0.214 e. The van der Waals surface area contributed by atoms with Crippen molar-refractivity contribution in [3.05, 3.63) is 35.9 Å². The average Bonchev–Trinajstić information content (AvgIpc) is 2.52. The molecule has 0 aromatic heterocycles. The largest absolute Gasteiger partial charge is 0.298 e. The van der Waals surface area contributed by atoms with Gasteiger partial charge in [-0.25, -0.2) is 8.42 Å². The number of nitrogens with zero attached hydrogens (tertiary/aromatic N) is 2. The first-order valence-corrected chi connectivity index (χ1v) is 9.89. The van der Waals surface area contributed by atoms with E-state index in [0.29, 0.717) is 18.8 Å². The minimum atomic E-state index is -3.06. The topological polar surface area (TPSA) is 40.6 Å². The fraction of sp³-hybridized carbons (Fsp3) is 0.647. The number of rotatable bonds is 7. The van der Waals surface area contributed by atoms with Crippen LogP contribution in [-0.2, 0) is 16.4 Å². The minimum Gasteiger partial charge on any atom is -0.298 e. The third-order valence-corrected chi connectivity index (χ3v) is 6.33. The molecule has 1 aliphatic rings. The maximum absolute atomic E-state index is 12.3. The second-order valence-corrected chi connectivity index (χ2v) is 8.24. The van der Waals surface area contributed by atoms with E-state index in [1.54, 1.807) is 4.31 Å². The SMILES string of the molecule is CCCCS(=O)(=O)N1CCN(CCc2ccccc2)C(C)C1. The Balaban J connectivity index is 1.85. The summed E-state index contributed by atoms with van der Waals surface area (Å²) in [5.74, 6) is 0.292. The van der Waals surface area contributed by atoms with Crippen molar-refractivity contribution in [3.63, 3.8) is 0 Å². The van der Waals surface area contributed by atoms with Crippen LogP contribution in [0.2, 0.25) is 0 Å². The molecule has 22 heavy (non-hydrogen) atoms. The standard InChI is InChI=1S/C17H28N2O2S/c1-3-4-14-22(20,21)19-13-12-18(16(2)15-19)11-10-17-8-6-5-7-9-17/h5-9,16H,3-4,10-15H2,1-2H3. The molecular weight excluding hydrogens is 296 g/mol. The fourth-order valence-electron chi connectivity index (χ4n) is 2.92. The Morgan fingerprint density at radius 1 is 1.18 bits per heavy atom. The van der Waals surface area contributed by atoms with Gasteiger partial charge >= 0.3 is 0 Å². The molecule has 0 saturated carbocycles. The van der Waals surface area contributed by atoms with Crippen molar-refractivity contribution in [2.45, 2.75) is 39.2 Å². The van der Waals surface area contributed by atoms with E-state index in [2.05, 4.69) is 36.1 Å². The van der Waals surface area contributed by atoms with E-state index < -0.39 is 10.0 Å². The molecule has 0 spiro atoms. The number of hydrogen-bond acceptors (Lipinski definition) is 3. The number of sulfonamides is 1. The molecule has 1 aromatic carbocycles. The molecule has 0 amide bonds. The zero-order valence-electron chi connectivity index (χ0n) is 13.7. The molecule has 0 aliphatic carbocycles. The third-order valence-electron chi connectivity index (χ3n) is 4.41. The third kappa shape index (κ3) is 4.80. The highest BCUT2D eigenvalue weighted by molar-refractivity contribution is 7.89. The predicted octanol–water partition coefficient (Wildman–Crippen LogP) is 2.37. The van der Waals surface area contributed by atoms with Gasteiger partial charge in [0.2, 0.25) is 10.0 Å². The summed E-state index contributed by atoms with van der Waals surface area (Å²) in [5, 5.41) is 0. The molecule has 2 rings (SSSR count). The first-order chi connectivity index (χ1) is 10.5. The number of unbranched alkanes of at least 4 members (excludes halogenated alkanes) is 1. The van der Waals surface area contributed by atoms with Gasteiger partial charge in [0, 0.05) is 32.2 Å². The Morgan fingerprint density at radius 3 is 2.55 bits per heavy atom. The van der Waals surface area contributed by atoms with E-state index in [1.165, 1.54) is 5.56 Å². The summed E-state index contributed by atoms with van der Waals surface area (Å²) < 4.78 is 26.3. The summed E-state index contributed by atoms with van der Waals surface area (Å²) in [6.45, 7) is 7.24. The van der Waals surface area contributed by atoms with Crippen LogP contribution in [0.4, 0.5) is 0 Å². The van der Waals surface area contributed by atoms with Gasteiger partial charge in [-0.1, -0.05) is 43.7 Å². The van der Waals surface area contributed by atoms with Gasteiger partial charge in [-0.2, -0.15) is 4.31 Å². The van der Waals surface area contributed by atoms with E-state index >= 15 is 0 Å². The van der Waals surface area contributed by atoms with Crippen LogP contribution < -0.4 is 0 Å². The molecule has 0 N–H and O–H groups in total. The molecule has 0 bridgehead atoms. The van der Waals surface area contributed by atoms with Crippen molar-refractivity contribution in [3.8, 4) is 0 Å². The van der Waals surface area contributed by atoms with Crippen LogP contribution in [0.15, 0.2) is 30.3 Å². The molecule has 1 aromatic rings. The lowest BCUT2D eigenvalue weighted by molar-refractivity contribution is 0.130. The van der Waals surface area contributed by atoms with Crippen LogP contribution in [0.5, 0.6) is 0 Å².